The molecule has 1 aromatic rings. The Bertz CT molecular complexity index is 578. The second-order valence-corrected chi connectivity index (χ2v) is 7.40. The van der Waals surface area contributed by atoms with Crippen LogP contribution in [-0.2, 0) is 9.59 Å². The van der Waals surface area contributed by atoms with Crippen molar-refractivity contribution in [2.24, 2.45) is 5.92 Å². The van der Waals surface area contributed by atoms with E-state index >= 15 is 0 Å². The van der Waals surface area contributed by atoms with Crippen LogP contribution in [0, 0.1) is 12.8 Å². The Kier molecular flexibility index (Phi) is 4.42. The van der Waals surface area contributed by atoms with Gasteiger partial charge in [-0.15, -0.1) is 0 Å². The second kappa shape index (κ2) is 5.79. The number of hydrogen-bond donors (Lipinski definition) is 1. The van der Waals surface area contributed by atoms with Gasteiger partial charge in [-0.2, -0.15) is 0 Å². The molecule has 1 aromatic carbocycles. The first-order valence-electron chi connectivity index (χ1n) is 7.06. The fourth-order valence-corrected chi connectivity index (χ4v) is 3.08. The third kappa shape index (κ3) is 3.64. The third-order valence-corrected chi connectivity index (χ3v) is 4.34. The fourth-order valence-electron chi connectivity index (χ4n) is 2.49. The summed E-state index contributed by atoms with van der Waals surface area (Å²) in [5.41, 5.74) is 1.62. The molecule has 2 amide bonds. The summed E-state index contributed by atoms with van der Waals surface area (Å²) < 4.78 is 0.854. The van der Waals surface area contributed by atoms with E-state index in [9.17, 15) is 9.59 Å². The lowest BCUT2D eigenvalue weighted by atomic mass is 10.1. The summed E-state index contributed by atoms with van der Waals surface area (Å²) in [7, 11) is 0. The van der Waals surface area contributed by atoms with Crippen LogP contribution >= 0.6 is 15.9 Å². The van der Waals surface area contributed by atoms with Crippen LogP contribution in [0.3, 0.4) is 0 Å². The van der Waals surface area contributed by atoms with Gasteiger partial charge in [-0.05, 0) is 61.3 Å². The van der Waals surface area contributed by atoms with Crippen LogP contribution in [-0.4, -0.2) is 28.8 Å². The first-order valence-corrected chi connectivity index (χ1v) is 7.85. The minimum Gasteiger partial charge on any atom is -0.337 e. The molecule has 1 atom stereocenters. The third-order valence-electron chi connectivity index (χ3n) is 3.69. The molecule has 1 heterocycles. The van der Waals surface area contributed by atoms with E-state index in [-0.39, 0.29) is 29.7 Å². The van der Waals surface area contributed by atoms with Gasteiger partial charge in [0.1, 0.15) is 0 Å². The minimum absolute atomic E-state index is 0.0469. The van der Waals surface area contributed by atoms with Crippen LogP contribution in [0.25, 0.3) is 0 Å². The topological polar surface area (TPSA) is 49.4 Å². The van der Waals surface area contributed by atoms with Crippen LogP contribution in [0.4, 0.5) is 5.69 Å². The highest BCUT2D eigenvalue weighted by Gasteiger charge is 2.39. The summed E-state index contributed by atoms with van der Waals surface area (Å²) in [6, 6.07) is 5.77. The zero-order valence-corrected chi connectivity index (χ0v) is 14.5. The molecule has 1 saturated heterocycles. The molecule has 0 aliphatic carbocycles. The molecular weight excluding hydrogens is 332 g/mol. The largest absolute Gasteiger partial charge is 0.337 e. The number of nitrogens with zero attached hydrogens (tertiary/aromatic N) is 1. The van der Waals surface area contributed by atoms with Crippen molar-refractivity contribution in [3.63, 3.8) is 0 Å². The summed E-state index contributed by atoms with van der Waals surface area (Å²) in [5.74, 6) is -0.338. The number of amides is 2. The van der Waals surface area contributed by atoms with Crippen LogP contribution < -0.4 is 5.32 Å². The van der Waals surface area contributed by atoms with Crippen molar-refractivity contribution < 1.29 is 9.59 Å². The maximum atomic E-state index is 12.4. The molecule has 4 nitrogen and oxygen atoms in total. The van der Waals surface area contributed by atoms with Crippen LogP contribution in [0.1, 0.15) is 32.8 Å². The van der Waals surface area contributed by atoms with E-state index in [4.69, 9.17) is 0 Å². The summed E-state index contributed by atoms with van der Waals surface area (Å²) in [6.45, 7) is 8.44. The Hall–Kier alpha value is -1.36. The van der Waals surface area contributed by atoms with Crippen molar-refractivity contribution >= 4 is 33.4 Å². The van der Waals surface area contributed by atoms with Crippen LogP contribution in [0.2, 0.25) is 0 Å². The predicted molar refractivity (Wildman–Crippen MR) is 87.1 cm³/mol. The van der Waals surface area contributed by atoms with Gasteiger partial charge in [-0.25, -0.2) is 0 Å². The minimum atomic E-state index is -0.287. The SMILES string of the molecule is Cc1ccc(NC(=O)C2CC(=O)N(C(C)(C)C)C2)c(Br)c1. The maximum absolute atomic E-state index is 12.4. The smallest absolute Gasteiger partial charge is 0.229 e. The number of hydrogen-bond acceptors (Lipinski definition) is 2. The molecule has 0 saturated carbocycles. The van der Waals surface area contributed by atoms with Gasteiger partial charge in [0.2, 0.25) is 11.8 Å². The number of rotatable bonds is 2. The van der Waals surface area contributed by atoms with Crippen molar-refractivity contribution in [3.05, 3.63) is 28.2 Å². The molecule has 0 radical (unpaired) electrons. The molecule has 1 fully saturated rings. The highest BCUT2D eigenvalue weighted by molar-refractivity contribution is 9.10. The lowest BCUT2D eigenvalue weighted by molar-refractivity contribution is -0.131. The fraction of sp³-hybridized carbons (Fsp3) is 0.500. The zero-order chi connectivity index (χ0) is 15.8. The maximum Gasteiger partial charge on any atom is 0.229 e. The number of halogens is 1. The number of nitrogens with one attached hydrogen (secondary N) is 1. The van der Waals surface area contributed by atoms with Crippen molar-refractivity contribution in [2.75, 3.05) is 11.9 Å². The molecule has 1 aliphatic heterocycles. The van der Waals surface area contributed by atoms with Crippen molar-refractivity contribution in [1.29, 1.82) is 0 Å². The number of benzene rings is 1. The molecular formula is C16H21BrN2O2. The van der Waals surface area contributed by atoms with Gasteiger partial charge in [0.15, 0.2) is 0 Å². The number of carbonyl (C=O) groups excluding carboxylic acids is 2. The molecule has 1 aliphatic rings. The zero-order valence-electron chi connectivity index (χ0n) is 12.9. The summed E-state index contributed by atoms with van der Waals surface area (Å²) in [5, 5.41) is 2.91. The summed E-state index contributed by atoms with van der Waals surface area (Å²) in [6.07, 6.45) is 0.284. The average molecular weight is 353 g/mol. The first kappa shape index (κ1) is 16.0. The Morgan fingerprint density at radius 2 is 2.05 bits per heavy atom. The van der Waals surface area contributed by atoms with E-state index in [0.717, 1.165) is 15.7 Å². The van der Waals surface area contributed by atoms with E-state index in [0.29, 0.717) is 6.54 Å². The molecule has 2 rings (SSSR count). The molecule has 114 valence electrons. The van der Waals surface area contributed by atoms with Crippen LogP contribution in [0.5, 0.6) is 0 Å². The first-order chi connectivity index (χ1) is 9.68. The molecule has 1 unspecified atom stereocenters. The average Bonchev–Trinajstić information content (AvgIpc) is 2.75. The second-order valence-electron chi connectivity index (χ2n) is 6.55. The van der Waals surface area contributed by atoms with Crippen LogP contribution in [0.15, 0.2) is 22.7 Å². The molecule has 1 N–H and O–H groups in total. The molecule has 21 heavy (non-hydrogen) atoms. The molecule has 5 heteroatoms. The van der Waals surface area contributed by atoms with Crippen molar-refractivity contribution in [2.45, 2.75) is 39.7 Å². The quantitative estimate of drug-likeness (QED) is 0.887. The Labute approximate surface area is 134 Å². The molecule has 0 bridgehead atoms. The number of likely N-dealkylation sites (tertiary alicyclic amines) is 1. The van der Waals surface area contributed by atoms with E-state index in [1.165, 1.54) is 0 Å². The van der Waals surface area contributed by atoms with E-state index in [1.54, 1.807) is 4.90 Å². The normalized spacial score (nSPS) is 19.0. The van der Waals surface area contributed by atoms with Gasteiger partial charge < -0.3 is 10.2 Å². The predicted octanol–water partition coefficient (Wildman–Crippen LogP) is 3.34. The van der Waals surface area contributed by atoms with E-state index < -0.39 is 0 Å². The highest BCUT2D eigenvalue weighted by atomic mass is 79.9. The Morgan fingerprint density at radius 3 is 2.57 bits per heavy atom. The summed E-state index contributed by atoms with van der Waals surface area (Å²) in [4.78, 5) is 26.2. The van der Waals surface area contributed by atoms with Crippen molar-refractivity contribution in [1.82, 2.24) is 4.90 Å². The van der Waals surface area contributed by atoms with Gasteiger partial charge in [0.05, 0.1) is 11.6 Å². The van der Waals surface area contributed by atoms with E-state index in [1.807, 2.05) is 45.9 Å². The van der Waals surface area contributed by atoms with Gasteiger partial charge in [-0.1, -0.05) is 6.07 Å². The lowest BCUT2D eigenvalue weighted by Crippen LogP contribution is -2.42. The Balaban J connectivity index is 2.07. The lowest BCUT2D eigenvalue weighted by Gasteiger charge is -2.31. The Morgan fingerprint density at radius 1 is 1.38 bits per heavy atom. The number of anilines is 1. The highest BCUT2D eigenvalue weighted by Crippen LogP contribution is 2.28. The van der Waals surface area contributed by atoms with E-state index in [2.05, 4.69) is 21.2 Å². The molecule has 0 aromatic heterocycles. The molecule has 0 spiro atoms. The van der Waals surface area contributed by atoms with Gasteiger partial charge >= 0.3 is 0 Å². The monoisotopic (exact) mass is 352 g/mol. The van der Waals surface area contributed by atoms with Gasteiger partial charge in [0, 0.05) is 23.0 Å². The van der Waals surface area contributed by atoms with Gasteiger partial charge in [-0.3, -0.25) is 9.59 Å². The van der Waals surface area contributed by atoms with Crippen molar-refractivity contribution in [3.8, 4) is 0 Å². The number of aryl methyl sites for hydroxylation is 1. The number of carbonyl (C=O) groups is 2. The summed E-state index contributed by atoms with van der Waals surface area (Å²) >= 11 is 3.45. The van der Waals surface area contributed by atoms with Gasteiger partial charge in [0.25, 0.3) is 0 Å². The standard InChI is InChI=1S/C16H21BrN2O2/c1-10-5-6-13(12(17)7-10)18-15(21)11-8-14(20)19(9-11)16(2,3)4/h5-7,11H,8-9H2,1-4H3,(H,18,21).